The number of fused-ring (bicyclic) bond motifs is 1. The van der Waals surface area contributed by atoms with E-state index < -0.39 is 0 Å². The first-order chi connectivity index (χ1) is 13.0. The molecule has 1 N–H and O–H groups in total. The zero-order chi connectivity index (χ0) is 19.4. The Balaban J connectivity index is 1.55. The second-order valence-electron chi connectivity index (χ2n) is 6.54. The van der Waals surface area contributed by atoms with Crippen molar-refractivity contribution in [2.45, 2.75) is 38.3 Å². The topological polar surface area (TPSA) is 62.3 Å². The second kappa shape index (κ2) is 8.89. The van der Waals surface area contributed by atoms with Gasteiger partial charge in [-0.3, -0.25) is 9.59 Å². The first-order valence-electron chi connectivity index (χ1n) is 8.87. The van der Waals surface area contributed by atoms with Crippen LogP contribution in [0.3, 0.4) is 0 Å². The number of rotatable bonds is 6. The second-order valence-corrected chi connectivity index (χ2v) is 8.36. The van der Waals surface area contributed by atoms with Gasteiger partial charge in [0.05, 0.1) is 11.4 Å². The Kier molecular flexibility index (Phi) is 6.55. The summed E-state index contributed by atoms with van der Waals surface area (Å²) in [6.07, 6.45) is 1.00. The number of anilines is 1. The number of pyridine rings is 1. The summed E-state index contributed by atoms with van der Waals surface area (Å²) in [5.41, 5.74) is 3.95. The number of carbonyl (C=O) groups is 2. The van der Waals surface area contributed by atoms with Gasteiger partial charge in [-0.2, -0.15) is 0 Å². The Morgan fingerprint density at radius 1 is 1.33 bits per heavy atom. The van der Waals surface area contributed by atoms with Gasteiger partial charge < -0.3 is 10.2 Å². The van der Waals surface area contributed by atoms with Crippen LogP contribution < -0.4 is 10.2 Å². The summed E-state index contributed by atoms with van der Waals surface area (Å²) in [4.78, 5) is 30.9. The van der Waals surface area contributed by atoms with E-state index in [1.807, 2.05) is 44.2 Å². The Labute approximate surface area is 172 Å². The molecular formula is C20H22BrN3O2S. The summed E-state index contributed by atoms with van der Waals surface area (Å²) in [6.45, 7) is 4.99. The fourth-order valence-electron chi connectivity index (χ4n) is 3.12. The van der Waals surface area contributed by atoms with Gasteiger partial charge in [-0.25, -0.2) is 4.98 Å². The molecule has 1 aliphatic heterocycles. The molecule has 7 heteroatoms. The molecule has 1 aromatic heterocycles. The van der Waals surface area contributed by atoms with Gasteiger partial charge in [0.25, 0.3) is 0 Å². The molecule has 0 atom stereocenters. The van der Waals surface area contributed by atoms with E-state index in [4.69, 9.17) is 0 Å². The van der Waals surface area contributed by atoms with Crippen LogP contribution in [-0.4, -0.2) is 29.1 Å². The van der Waals surface area contributed by atoms with Crippen molar-refractivity contribution < 1.29 is 9.59 Å². The number of hydrogen-bond acceptors (Lipinski definition) is 4. The van der Waals surface area contributed by atoms with Gasteiger partial charge in [0.1, 0.15) is 5.03 Å². The highest BCUT2D eigenvalue weighted by Crippen LogP contribution is 2.36. The first kappa shape index (κ1) is 19.9. The smallest absolute Gasteiger partial charge is 0.237 e. The van der Waals surface area contributed by atoms with Gasteiger partial charge in [0.15, 0.2) is 0 Å². The number of amides is 2. The molecule has 0 radical (unpaired) electrons. The number of nitrogens with one attached hydrogen (secondary N) is 1. The SMILES string of the molecule is Cc1cc(C)c2c(n1)SCC(=O)N2CCCC(=O)NCc1ccccc1Br. The third-order valence-electron chi connectivity index (χ3n) is 4.40. The Bertz CT molecular complexity index is 872. The lowest BCUT2D eigenvalue weighted by atomic mass is 10.1. The van der Waals surface area contributed by atoms with Gasteiger partial charge in [-0.05, 0) is 43.5 Å². The van der Waals surface area contributed by atoms with E-state index in [-0.39, 0.29) is 11.8 Å². The van der Waals surface area contributed by atoms with Crippen molar-refractivity contribution in [3.05, 3.63) is 51.6 Å². The quantitative estimate of drug-likeness (QED) is 0.726. The van der Waals surface area contributed by atoms with Crippen LogP contribution in [-0.2, 0) is 16.1 Å². The molecule has 2 heterocycles. The number of thioether (sulfide) groups is 1. The average Bonchev–Trinajstić information content (AvgIpc) is 2.63. The van der Waals surface area contributed by atoms with Crippen LogP contribution in [0.4, 0.5) is 5.69 Å². The third kappa shape index (κ3) is 4.90. The number of carbonyl (C=O) groups excluding carboxylic acids is 2. The van der Waals surface area contributed by atoms with E-state index in [9.17, 15) is 9.59 Å². The molecule has 0 fully saturated rings. The Morgan fingerprint density at radius 3 is 2.89 bits per heavy atom. The summed E-state index contributed by atoms with van der Waals surface area (Å²) in [5, 5.41) is 3.85. The van der Waals surface area contributed by atoms with E-state index in [1.54, 1.807) is 4.90 Å². The van der Waals surface area contributed by atoms with Crippen molar-refractivity contribution in [2.75, 3.05) is 17.2 Å². The number of aryl methyl sites for hydroxylation is 2. The average molecular weight is 448 g/mol. The van der Waals surface area contributed by atoms with E-state index >= 15 is 0 Å². The highest BCUT2D eigenvalue weighted by molar-refractivity contribution is 9.10. The van der Waals surface area contributed by atoms with E-state index in [2.05, 4.69) is 26.2 Å². The van der Waals surface area contributed by atoms with E-state index in [1.165, 1.54) is 11.8 Å². The van der Waals surface area contributed by atoms with Crippen molar-refractivity contribution in [1.29, 1.82) is 0 Å². The number of hydrogen-bond donors (Lipinski definition) is 1. The lowest BCUT2D eigenvalue weighted by molar-refractivity contribution is -0.121. The standard InChI is InChI=1S/C20H22BrN3O2S/c1-13-10-14(2)23-20-19(13)24(18(26)12-27-20)9-5-8-17(25)22-11-15-6-3-4-7-16(15)21/h3-4,6-7,10H,5,8-9,11-12H2,1-2H3,(H,22,25). The van der Waals surface area contributed by atoms with Crippen LogP contribution in [0.1, 0.15) is 29.7 Å². The zero-order valence-electron chi connectivity index (χ0n) is 15.4. The van der Waals surface area contributed by atoms with Crippen LogP contribution >= 0.6 is 27.7 Å². The van der Waals surface area contributed by atoms with Crippen LogP contribution in [0, 0.1) is 13.8 Å². The summed E-state index contributed by atoms with van der Waals surface area (Å²) < 4.78 is 0.983. The molecule has 0 saturated carbocycles. The molecule has 0 bridgehead atoms. The highest BCUT2D eigenvalue weighted by Gasteiger charge is 2.27. The summed E-state index contributed by atoms with van der Waals surface area (Å²) in [7, 11) is 0. The normalized spacial score (nSPS) is 13.4. The van der Waals surface area contributed by atoms with Crippen LogP contribution in [0.25, 0.3) is 0 Å². The van der Waals surface area contributed by atoms with Crippen molar-refractivity contribution in [3.63, 3.8) is 0 Å². The molecule has 5 nitrogen and oxygen atoms in total. The predicted octanol–water partition coefficient (Wildman–Crippen LogP) is 4.00. The number of aromatic nitrogens is 1. The van der Waals surface area contributed by atoms with Crippen molar-refractivity contribution in [3.8, 4) is 0 Å². The van der Waals surface area contributed by atoms with Gasteiger partial charge in [0.2, 0.25) is 11.8 Å². The maximum Gasteiger partial charge on any atom is 0.237 e. The van der Waals surface area contributed by atoms with Gasteiger partial charge in [0, 0.05) is 29.7 Å². The zero-order valence-corrected chi connectivity index (χ0v) is 17.8. The minimum atomic E-state index is -0.0106. The molecule has 2 aromatic rings. The monoisotopic (exact) mass is 447 g/mol. The van der Waals surface area contributed by atoms with E-state index in [0.29, 0.717) is 31.7 Å². The minimum absolute atomic E-state index is 0.0106. The molecule has 0 unspecified atom stereocenters. The Hall–Kier alpha value is -1.86. The lowest BCUT2D eigenvalue weighted by Crippen LogP contribution is -2.37. The fourth-order valence-corrected chi connectivity index (χ4v) is 4.57. The molecule has 2 amide bonds. The first-order valence-corrected chi connectivity index (χ1v) is 10.6. The Morgan fingerprint density at radius 2 is 2.11 bits per heavy atom. The summed E-state index contributed by atoms with van der Waals surface area (Å²) in [5.74, 6) is 0.468. The van der Waals surface area contributed by atoms with Gasteiger partial charge in [-0.1, -0.05) is 45.9 Å². The third-order valence-corrected chi connectivity index (χ3v) is 6.13. The largest absolute Gasteiger partial charge is 0.352 e. The van der Waals surface area contributed by atoms with Crippen molar-refractivity contribution in [1.82, 2.24) is 10.3 Å². The number of nitrogens with zero attached hydrogens (tertiary/aromatic N) is 2. The molecule has 3 rings (SSSR count). The molecular weight excluding hydrogens is 426 g/mol. The highest BCUT2D eigenvalue weighted by atomic mass is 79.9. The molecule has 0 saturated heterocycles. The molecule has 0 aliphatic carbocycles. The lowest BCUT2D eigenvalue weighted by Gasteiger charge is -2.30. The van der Waals surface area contributed by atoms with Crippen molar-refractivity contribution in [2.24, 2.45) is 0 Å². The van der Waals surface area contributed by atoms with Crippen LogP contribution in [0.5, 0.6) is 0 Å². The maximum absolute atomic E-state index is 12.4. The fraction of sp³-hybridized carbons (Fsp3) is 0.350. The molecule has 0 spiro atoms. The van der Waals surface area contributed by atoms with E-state index in [0.717, 1.165) is 32.0 Å². The maximum atomic E-state index is 12.4. The molecule has 1 aromatic carbocycles. The summed E-state index contributed by atoms with van der Waals surface area (Å²) in [6, 6.07) is 9.82. The summed E-state index contributed by atoms with van der Waals surface area (Å²) >= 11 is 4.97. The predicted molar refractivity (Wildman–Crippen MR) is 112 cm³/mol. The molecule has 27 heavy (non-hydrogen) atoms. The van der Waals surface area contributed by atoms with Crippen LogP contribution in [0.15, 0.2) is 39.8 Å². The van der Waals surface area contributed by atoms with Crippen molar-refractivity contribution >= 4 is 45.2 Å². The minimum Gasteiger partial charge on any atom is -0.352 e. The molecule has 142 valence electrons. The van der Waals surface area contributed by atoms with Crippen LogP contribution in [0.2, 0.25) is 0 Å². The van der Waals surface area contributed by atoms with Gasteiger partial charge in [-0.15, -0.1) is 0 Å². The number of halogens is 1. The number of benzene rings is 1. The van der Waals surface area contributed by atoms with Gasteiger partial charge >= 0.3 is 0 Å². The molecule has 1 aliphatic rings.